The van der Waals surface area contributed by atoms with E-state index in [9.17, 15) is 0 Å². The van der Waals surface area contributed by atoms with Crippen LogP contribution in [-0.4, -0.2) is 32.8 Å². The molecule has 0 bridgehead atoms. The van der Waals surface area contributed by atoms with Crippen LogP contribution in [-0.2, 0) is 13.6 Å². The molecule has 4 heterocycles. The Hall–Kier alpha value is -2.63. The van der Waals surface area contributed by atoms with E-state index in [2.05, 4.69) is 44.3 Å². The first kappa shape index (κ1) is 15.9. The van der Waals surface area contributed by atoms with Crippen molar-refractivity contribution in [1.82, 2.24) is 19.7 Å². The second kappa shape index (κ2) is 6.70. The molecule has 4 rings (SSSR count). The van der Waals surface area contributed by atoms with Crippen LogP contribution >= 0.6 is 0 Å². The lowest BCUT2D eigenvalue weighted by molar-refractivity contribution is 0.436. The summed E-state index contributed by atoms with van der Waals surface area (Å²) in [6, 6.07) is 6.29. The van der Waals surface area contributed by atoms with Gasteiger partial charge in [-0.25, -0.2) is 9.97 Å². The quantitative estimate of drug-likeness (QED) is 0.793. The Balaban J connectivity index is 1.43. The van der Waals surface area contributed by atoms with Crippen molar-refractivity contribution in [2.45, 2.75) is 26.3 Å². The van der Waals surface area contributed by atoms with E-state index in [4.69, 9.17) is 0 Å². The molecule has 0 atom stereocenters. The first-order valence-electron chi connectivity index (χ1n) is 8.91. The van der Waals surface area contributed by atoms with E-state index < -0.39 is 0 Å². The van der Waals surface area contributed by atoms with E-state index in [-0.39, 0.29) is 0 Å². The molecular formula is C19H24N6. The highest BCUT2D eigenvalue weighted by molar-refractivity contribution is 5.88. The van der Waals surface area contributed by atoms with Gasteiger partial charge in [0.05, 0.1) is 11.6 Å². The topological polar surface area (TPSA) is 58.9 Å². The van der Waals surface area contributed by atoms with Gasteiger partial charge in [0.25, 0.3) is 0 Å². The molecule has 3 aromatic heterocycles. The Morgan fingerprint density at radius 2 is 1.96 bits per heavy atom. The first-order chi connectivity index (χ1) is 12.2. The molecule has 6 heteroatoms. The van der Waals surface area contributed by atoms with Gasteiger partial charge in [0.15, 0.2) is 5.65 Å². The third kappa shape index (κ3) is 3.29. The van der Waals surface area contributed by atoms with Gasteiger partial charge in [0.1, 0.15) is 5.82 Å². The molecule has 1 N–H and O–H groups in total. The van der Waals surface area contributed by atoms with Crippen LogP contribution in [0.3, 0.4) is 0 Å². The van der Waals surface area contributed by atoms with Crippen LogP contribution in [0.5, 0.6) is 0 Å². The lowest BCUT2D eigenvalue weighted by Crippen LogP contribution is -2.33. The molecule has 0 amide bonds. The van der Waals surface area contributed by atoms with Crippen LogP contribution < -0.4 is 10.2 Å². The molecule has 0 unspecified atom stereocenters. The van der Waals surface area contributed by atoms with Gasteiger partial charge in [0, 0.05) is 44.8 Å². The summed E-state index contributed by atoms with van der Waals surface area (Å²) in [5.41, 5.74) is 3.10. The first-order valence-corrected chi connectivity index (χ1v) is 8.91. The highest BCUT2D eigenvalue weighted by Gasteiger charge is 2.16. The smallest absolute Gasteiger partial charge is 0.159 e. The van der Waals surface area contributed by atoms with E-state index in [0.29, 0.717) is 0 Å². The molecule has 0 aromatic carbocycles. The molecule has 1 aliphatic rings. The number of piperidine rings is 1. The van der Waals surface area contributed by atoms with Gasteiger partial charge in [-0.3, -0.25) is 4.68 Å². The molecule has 0 spiro atoms. The Kier molecular flexibility index (Phi) is 4.26. The van der Waals surface area contributed by atoms with Crippen LogP contribution in [0.2, 0.25) is 0 Å². The maximum absolute atomic E-state index is 4.66. The number of pyridine rings is 2. The second-order valence-corrected chi connectivity index (χ2v) is 6.91. The number of nitrogens with zero attached hydrogens (tertiary/aromatic N) is 5. The van der Waals surface area contributed by atoms with Gasteiger partial charge in [-0.15, -0.1) is 0 Å². The molecule has 25 heavy (non-hydrogen) atoms. The van der Waals surface area contributed by atoms with Crippen LogP contribution in [0.4, 0.5) is 11.5 Å². The number of hydrogen-bond donors (Lipinski definition) is 1. The minimum atomic E-state index is 0.734. The average molecular weight is 336 g/mol. The molecule has 0 aliphatic carbocycles. The van der Waals surface area contributed by atoms with Crippen molar-refractivity contribution in [2.75, 3.05) is 23.3 Å². The van der Waals surface area contributed by atoms with Crippen molar-refractivity contribution in [3.8, 4) is 0 Å². The summed E-state index contributed by atoms with van der Waals surface area (Å²) in [5, 5.41) is 8.79. The normalized spacial score (nSPS) is 15.7. The number of aryl methyl sites for hydroxylation is 1. The summed E-state index contributed by atoms with van der Waals surface area (Å²) in [5.74, 6) is 1.93. The standard InChI is InChI=1S/C19H24N6/c1-14-6-9-25(10-7-14)18-4-3-15(12-22-18)11-21-17-5-8-20-19-16(17)13-23-24(19)2/h3-5,8,12-14H,6-7,9-11H2,1-2H3,(H,20,21). The van der Waals surface area contributed by atoms with Crippen molar-refractivity contribution in [1.29, 1.82) is 0 Å². The molecule has 1 aliphatic heterocycles. The van der Waals surface area contributed by atoms with Crippen molar-refractivity contribution in [3.63, 3.8) is 0 Å². The summed E-state index contributed by atoms with van der Waals surface area (Å²) in [7, 11) is 1.91. The highest BCUT2D eigenvalue weighted by atomic mass is 15.3. The van der Waals surface area contributed by atoms with Gasteiger partial charge in [0.2, 0.25) is 0 Å². The molecule has 0 saturated carbocycles. The van der Waals surface area contributed by atoms with E-state index >= 15 is 0 Å². The Bertz CT molecular complexity index is 846. The van der Waals surface area contributed by atoms with E-state index in [1.165, 1.54) is 18.4 Å². The van der Waals surface area contributed by atoms with E-state index in [1.54, 1.807) is 4.68 Å². The number of nitrogens with one attached hydrogen (secondary N) is 1. The summed E-state index contributed by atoms with van der Waals surface area (Å²) in [4.78, 5) is 11.4. The third-order valence-electron chi connectivity index (χ3n) is 5.04. The number of anilines is 2. The minimum Gasteiger partial charge on any atom is -0.380 e. The zero-order valence-electron chi connectivity index (χ0n) is 14.8. The zero-order chi connectivity index (χ0) is 17.2. The number of rotatable bonds is 4. The minimum absolute atomic E-state index is 0.734. The zero-order valence-corrected chi connectivity index (χ0v) is 14.8. The number of hydrogen-bond acceptors (Lipinski definition) is 5. The molecule has 0 radical (unpaired) electrons. The monoisotopic (exact) mass is 336 g/mol. The summed E-state index contributed by atoms with van der Waals surface area (Å²) in [6.45, 7) is 5.29. The Labute approximate surface area is 147 Å². The van der Waals surface area contributed by atoms with Crippen LogP contribution in [0, 0.1) is 5.92 Å². The SMILES string of the molecule is CC1CCN(c2ccc(CNc3ccnc4c3cnn4C)cn2)CC1. The summed E-state index contributed by atoms with van der Waals surface area (Å²) < 4.78 is 1.79. The van der Waals surface area contributed by atoms with Crippen molar-refractivity contribution >= 4 is 22.5 Å². The summed E-state index contributed by atoms with van der Waals surface area (Å²) >= 11 is 0. The van der Waals surface area contributed by atoms with Crippen molar-refractivity contribution < 1.29 is 0 Å². The lowest BCUT2D eigenvalue weighted by Gasteiger charge is -2.31. The average Bonchev–Trinajstić information content (AvgIpc) is 3.03. The van der Waals surface area contributed by atoms with E-state index in [0.717, 1.165) is 48.1 Å². The Morgan fingerprint density at radius 3 is 2.72 bits per heavy atom. The fraction of sp³-hybridized carbons (Fsp3) is 0.421. The van der Waals surface area contributed by atoms with Gasteiger partial charge < -0.3 is 10.2 Å². The van der Waals surface area contributed by atoms with Crippen LogP contribution in [0.25, 0.3) is 11.0 Å². The van der Waals surface area contributed by atoms with Gasteiger partial charge >= 0.3 is 0 Å². The largest absolute Gasteiger partial charge is 0.380 e. The van der Waals surface area contributed by atoms with Gasteiger partial charge in [-0.1, -0.05) is 13.0 Å². The lowest BCUT2D eigenvalue weighted by atomic mass is 9.99. The molecule has 130 valence electrons. The molecule has 6 nitrogen and oxygen atoms in total. The van der Waals surface area contributed by atoms with Crippen LogP contribution in [0.1, 0.15) is 25.3 Å². The van der Waals surface area contributed by atoms with Crippen molar-refractivity contribution in [2.24, 2.45) is 13.0 Å². The predicted molar refractivity (Wildman–Crippen MR) is 101 cm³/mol. The molecule has 1 saturated heterocycles. The molecule has 1 fully saturated rings. The molecule has 3 aromatic rings. The number of fused-ring (bicyclic) bond motifs is 1. The fourth-order valence-electron chi connectivity index (χ4n) is 3.34. The maximum atomic E-state index is 4.66. The van der Waals surface area contributed by atoms with Gasteiger partial charge in [-0.05, 0) is 36.5 Å². The van der Waals surface area contributed by atoms with Gasteiger partial charge in [-0.2, -0.15) is 5.10 Å². The predicted octanol–water partition coefficient (Wildman–Crippen LogP) is 3.21. The van der Waals surface area contributed by atoms with E-state index in [1.807, 2.05) is 31.7 Å². The highest BCUT2D eigenvalue weighted by Crippen LogP contribution is 2.23. The maximum Gasteiger partial charge on any atom is 0.159 e. The van der Waals surface area contributed by atoms with Crippen LogP contribution in [0.15, 0.2) is 36.8 Å². The number of aromatic nitrogens is 4. The molecular weight excluding hydrogens is 312 g/mol. The summed E-state index contributed by atoms with van der Waals surface area (Å²) in [6.07, 6.45) is 8.15. The van der Waals surface area contributed by atoms with Crippen molar-refractivity contribution in [3.05, 3.63) is 42.4 Å². The second-order valence-electron chi connectivity index (χ2n) is 6.91. The fourth-order valence-corrected chi connectivity index (χ4v) is 3.34. The third-order valence-corrected chi connectivity index (χ3v) is 5.04. The Morgan fingerprint density at radius 1 is 1.12 bits per heavy atom.